The van der Waals surface area contributed by atoms with Crippen LogP contribution in [0.3, 0.4) is 0 Å². The number of hydrogen-bond acceptors (Lipinski definition) is 4. The Labute approximate surface area is 121 Å². The van der Waals surface area contributed by atoms with Crippen molar-refractivity contribution in [3.05, 3.63) is 39.9 Å². The Bertz CT molecular complexity index is 555. The van der Waals surface area contributed by atoms with Gasteiger partial charge in [0.2, 0.25) is 5.91 Å². The van der Waals surface area contributed by atoms with Gasteiger partial charge in [0.05, 0.1) is 10.8 Å². The number of nitro groups is 1. The highest BCUT2D eigenvalue weighted by Crippen LogP contribution is 2.31. The number of carboxylic acid groups (broad SMARTS) is 1. The third-order valence-electron chi connectivity index (χ3n) is 3.77. The van der Waals surface area contributed by atoms with E-state index in [9.17, 15) is 19.7 Å². The first-order chi connectivity index (χ1) is 9.97. The molecule has 2 unspecified atom stereocenters. The van der Waals surface area contributed by atoms with Crippen LogP contribution in [-0.4, -0.2) is 21.9 Å². The number of carboxylic acids is 1. The van der Waals surface area contributed by atoms with Crippen LogP contribution in [0.15, 0.2) is 24.3 Å². The van der Waals surface area contributed by atoms with E-state index in [0.29, 0.717) is 19.3 Å². The van der Waals surface area contributed by atoms with Gasteiger partial charge in [-0.05, 0) is 24.8 Å². The maximum atomic E-state index is 11.9. The molecule has 1 amide bonds. The number of aliphatic carboxylic acids is 1. The van der Waals surface area contributed by atoms with E-state index in [-0.39, 0.29) is 24.1 Å². The molecule has 2 N–H and O–H groups in total. The standard InChI is InChI=1S/C14H16N2O5/c17-13(10-3-4-11(7-10)14(18)19)15-8-9-1-5-12(6-2-9)16(20)21/h1-2,5-6,10-11H,3-4,7-8H2,(H,15,17)(H,18,19). The highest BCUT2D eigenvalue weighted by Gasteiger charge is 2.33. The van der Waals surface area contributed by atoms with Crippen LogP contribution in [0.5, 0.6) is 0 Å². The van der Waals surface area contributed by atoms with Crippen molar-refractivity contribution in [1.29, 1.82) is 0 Å². The second-order valence-corrected chi connectivity index (χ2v) is 5.19. The van der Waals surface area contributed by atoms with Crippen molar-refractivity contribution in [1.82, 2.24) is 5.32 Å². The lowest BCUT2D eigenvalue weighted by atomic mass is 10.0. The van der Waals surface area contributed by atoms with Gasteiger partial charge in [-0.3, -0.25) is 19.7 Å². The summed E-state index contributed by atoms with van der Waals surface area (Å²) < 4.78 is 0. The van der Waals surface area contributed by atoms with Crippen LogP contribution in [0, 0.1) is 22.0 Å². The van der Waals surface area contributed by atoms with E-state index in [1.807, 2.05) is 0 Å². The fourth-order valence-corrected chi connectivity index (χ4v) is 2.51. The summed E-state index contributed by atoms with van der Waals surface area (Å²) in [6, 6.07) is 5.95. The normalized spacial score (nSPS) is 21.0. The number of hydrogen-bond donors (Lipinski definition) is 2. The third kappa shape index (κ3) is 3.77. The molecule has 7 nitrogen and oxygen atoms in total. The van der Waals surface area contributed by atoms with Gasteiger partial charge in [-0.25, -0.2) is 0 Å². The average Bonchev–Trinajstić information content (AvgIpc) is 2.95. The van der Waals surface area contributed by atoms with Crippen molar-refractivity contribution >= 4 is 17.6 Å². The third-order valence-corrected chi connectivity index (χ3v) is 3.77. The molecule has 0 aromatic heterocycles. The molecule has 1 saturated carbocycles. The summed E-state index contributed by atoms with van der Waals surface area (Å²) in [4.78, 5) is 32.8. The number of nitro benzene ring substituents is 1. The lowest BCUT2D eigenvalue weighted by molar-refractivity contribution is -0.384. The van der Waals surface area contributed by atoms with Gasteiger partial charge in [0.25, 0.3) is 5.69 Å². The molecule has 21 heavy (non-hydrogen) atoms. The minimum Gasteiger partial charge on any atom is -0.481 e. The van der Waals surface area contributed by atoms with E-state index in [0.717, 1.165) is 5.56 Å². The van der Waals surface area contributed by atoms with Crippen LogP contribution >= 0.6 is 0 Å². The number of amides is 1. The number of non-ortho nitro benzene ring substituents is 1. The zero-order chi connectivity index (χ0) is 15.4. The monoisotopic (exact) mass is 292 g/mol. The second-order valence-electron chi connectivity index (χ2n) is 5.19. The molecular weight excluding hydrogens is 276 g/mol. The number of rotatable bonds is 5. The molecule has 7 heteroatoms. The average molecular weight is 292 g/mol. The maximum Gasteiger partial charge on any atom is 0.306 e. The van der Waals surface area contributed by atoms with E-state index in [1.54, 1.807) is 12.1 Å². The molecule has 0 bridgehead atoms. The van der Waals surface area contributed by atoms with Crippen LogP contribution in [0.2, 0.25) is 0 Å². The summed E-state index contributed by atoms with van der Waals surface area (Å²) in [7, 11) is 0. The largest absolute Gasteiger partial charge is 0.481 e. The number of nitrogens with one attached hydrogen (secondary N) is 1. The molecule has 1 aliphatic rings. The Balaban J connectivity index is 1.84. The van der Waals surface area contributed by atoms with Gasteiger partial charge in [0, 0.05) is 24.6 Å². The quantitative estimate of drug-likeness (QED) is 0.634. The van der Waals surface area contributed by atoms with E-state index in [1.165, 1.54) is 12.1 Å². The van der Waals surface area contributed by atoms with Crippen LogP contribution in [0.1, 0.15) is 24.8 Å². The van der Waals surface area contributed by atoms with Gasteiger partial charge < -0.3 is 10.4 Å². The highest BCUT2D eigenvalue weighted by molar-refractivity contribution is 5.80. The number of carbonyl (C=O) groups is 2. The summed E-state index contributed by atoms with van der Waals surface area (Å²) in [5, 5.41) is 22.2. The van der Waals surface area contributed by atoms with Crippen LogP contribution in [0.25, 0.3) is 0 Å². The van der Waals surface area contributed by atoms with Crippen LogP contribution in [0.4, 0.5) is 5.69 Å². The smallest absolute Gasteiger partial charge is 0.306 e. The Kier molecular flexibility index (Phi) is 4.52. The van der Waals surface area contributed by atoms with Gasteiger partial charge in [-0.15, -0.1) is 0 Å². The molecule has 0 radical (unpaired) electrons. The Morgan fingerprint density at radius 2 is 1.86 bits per heavy atom. The molecule has 0 spiro atoms. The van der Waals surface area contributed by atoms with E-state index < -0.39 is 16.8 Å². The van der Waals surface area contributed by atoms with Gasteiger partial charge >= 0.3 is 5.97 Å². The molecule has 1 aromatic carbocycles. The van der Waals surface area contributed by atoms with Crippen molar-refractivity contribution in [2.75, 3.05) is 0 Å². The fourth-order valence-electron chi connectivity index (χ4n) is 2.51. The zero-order valence-electron chi connectivity index (χ0n) is 11.3. The van der Waals surface area contributed by atoms with Gasteiger partial charge in [-0.2, -0.15) is 0 Å². The van der Waals surface area contributed by atoms with Crippen molar-refractivity contribution in [3.8, 4) is 0 Å². The van der Waals surface area contributed by atoms with E-state index in [4.69, 9.17) is 5.11 Å². The molecule has 2 rings (SSSR count). The SMILES string of the molecule is O=C(O)C1CCC(C(=O)NCc2ccc([N+](=O)[O-])cc2)C1. The minimum atomic E-state index is -0.847. The molecule has 1 fully saturated rings. The number of benzene rings is 1. The first-order valence-electron chi connectivity index (χ1n) is 6.71. The number of carbonyl (C=O) groups excluding carboxylic acids is 1. The fraction of sp³-hybridized carbons (Fsp3) is 0.429. The molecule has 0 heterocycles. The Morgan fingerprint density at radius 1 is 1.24 bits per heavy atom. The van der Waals surface area contributed by atoms with E-state index >= 15 is 0 Å². The lowest BCUT2D eigenvalue weighted by Gasteiger charge is -2.10. The molecule has 0 saturated heterocycles. The lowest BCUT2D eigenvalue weighted by Crippen LogP contribution is -2.29. The van der Waals surface area contributed by atoms with Crippen LogP contribution < -0.4 is 5.32 Å². The molecule has 1 aliphatic carbocycles. The summed E-state index contributed by atoms with van der Waals surface area (Å²) >= 11 is 0. The number of nitrogens with zero attached hydrogens (tertiary/aromatic N) is 1. The predicted molar refractivity (Wildman–Crippen MR) is 73.4 cm³/mol. The summed E-state index contributed by atoms with van der Waals surface area (Å²) in [5.74, 6) is -1.69. The topological polar surface area (TPSA) is 110 Å². The highest BCUT2D eigenvalue weighted by atomic mass is 16.6. The molecule has 1 aromatic rings. The van der Waals surface area contributed by atoms with E-state index in [2.05, 4.69) is 5.32 Å². The molecule has 2 atom stereocenters. The first-order valence-corrected chi connectivity index (χ1v) is 6.71. The van der Waals surface area contributed by atoms with Gasteiger partial charge in [-0.1, -0.05) is 12.1 Å². The van der Waals surface area contributed by atoms with Crippen molar-refractivity contribution in [3.63, 3.8) is 0 Å². The molecular formula is C14H16N2O5. The zero-order valence-corrected chi connectivity index (χ0v) is 11.3. The van der Waals surface area contributed by atoms with Crippen molar-refractivity contribution in [2.45, 2.75) is 25.8 Å². The predicted octanol–water partition coefficient (Wildman–Crippen LogP) is 1.71. The van der Waals surface area contributed by atoms with Crippen molar-refractivity contribution in [2.24, 2.45) is 11.8 Å². The van der Waals surface area contributed by atoms with Gasteiger partial charge in [0.15, 0.2) is 0 Å². The van der Waals surface area contributed by atoms with Gasteiger partial charge in [0.1, 0.15) is 0 Å². The van der Waals surface area contributed by atoms with Crippen LogP contribution in [-0.2, 0) is 16.1 Å². The second kappa shape index (κ2) is 6.34. The summed E-state index contributed by atoms with van der Waals surface area (Å²) in [6.45, 7) is 0.283. The first kappa shape index (κ1) is 15.0. The molecule has 0 aliphatic heterocycles. The maximum absolute atomic E-state index is 11.9. The Morgan fingerprint density at radius 3 is 2.38 bits per heavy atom. The Hall–Kier alpha value is -2.44. The summed E-state index contributed by atoms with van der Waals surface area (Å²) in [6.07, 6.45) is 1.50. The molecule has 112 valence electrons. The van der Waals surface area contributed by atoms with Crippen molar-refractivity contribution < 1.29 is 19.6 Å². The summed E-state index contributed by atoms with van der Waals surface area (Å²) in [5.41, 5.74) is 0.770. The minimum absolute atomic E-state index is 0.00479.